The number of benzene rings is 1. The monoisotopic (exact) mass is 246 g/mol. The van der Waals surface area contributed by atoms with E-state index in [2.05, 4.69) is 0 Å². The molecule has 0 heterocycles. The van der Waals surface area contributed by atoms with E-state index in [4.69, 9.17) is 27.9 Å². The molecular weight excluding hydrogens is 242 g/mol. The molecule has 0 atom stereocenters. The molecule has 0 fully saturated rings. The van der Waals surface area contributed by atoms with Gasteiger partial charge in [-0.3, -0.25) is 0 Å². The molecule has 0 unspecified atom stereocenters. The van der Waals surface area contributed by atoms with Crippen molar-refractivity contribution in [2.24, 2.45) is 0 Å². The summed E-state index contributed by atoms with van der Waals surface area (Å²) in [6.07, 6.45) is 0. The molecule has 0 aromatic heterocycles. The minimum absolute atomic E-state index is 0.0718. The Hall–Kier alpha value is 0.604. The van der Waals surface area contributed by atoms with Gasteiger partial charge in [0.15, 0.2) is 0 Å². The molecular formula is C6H5Cl3OTi. The van der Waals surface area contributed by atoms with Crippen LogP contribution in [0.15, 0.2) is 30.3 Å². The molecule has 5 heteroatoms. The molecule has 0 aliphatic heterocycles. The average Bonchev–Trinajstić information content (AvgIpc) is 1.87. The molecule has 1 nitrogen and oxygen atoms in total. The van der Waals surface area contributed by atoms with Gasteiger partial charge >= 0.3 is 42.6 Å². The van der Waals surface area contributed by atoms with E-state index in [9.17, 15) is 5.11 Å². The van der Waals surface area contributed by atoms with Gasteiger partial charge in [-0.05, 0) is 0 Å². The zero-order chi connectivity index (χ0) is 8.69. The van der Waals surface area contributed by atoms with Gasteiger partial charge in [-0.2, -0.15) is 0 Å². The third-order valence-electron chi connectivity index (χ3n) is 0.743. The predicted octanol–water partition coefficient (Wildman–Crippen LogP) is 2.83. The summed E-state index contributed by atoms with van der Waals surface area (Å²) < 4.78 is 0. The number of hydrogen-bond acceptors (Lipinski definition) is 1. The first kappa shape index (κ1) is 11.6. The fourth-order valence-electron chi connectivity index (χ4n) is 0.420. The van der Waals surface area contributed by atoms with Crippen molar-refractivity contribution in [3.63, 3.8) is 0 Å². The molecule has 0 amide bonds. The van der Waals surface area contributed by atoms with Crippen molar-refractivity contribution < 1.29 is 19.8 Å². The van der Waals surface area contributed by atoms with Crippen molar-refractivity contribution in [2.75, 3.05) is 0 Å². The van der Waals surface area contributed by atoms with E-state index in [0.29, 0.717) is 0 Å². The Morgan fingerprint density at radius 1 is 1.00 bits per heavy atom. The van der Waals surface area contributed by atoms with Crippen LogP contribution in [-0.4, -0.2) is 0 Å². The van der Waals surface area contributed by atoms with E-state index in [1.807, 2.05) is 6.07 Å². The molecule has 0 saturated carbocycles. The maximum Gasteiger partial charge on any atom is -0.0623 e. The number of para-hydroxylation sites is 1. The van der Waals surface area contributed by atoms with Gasteiger partial charge < -0.3 is 5.11 Å². The largest absolute Gasteiger partial charge is 0.872 e. The Morgan fingerprint density at radius 3 is 1.55 bits per heavy atom. The van der Waals surface area contributed by atoms with Crippen molar-refractivity contribution >= 4 is 27.9 Å². The molecule has 0 aliphatic rings. The van der Waals surface area contributed by atoms with Crippen LogP contribution in [0.3, 0.4) is 0 Å². The van der Waals surface area contributed by atoms with E-state index in [1.54, 1.807) is 12.1 Å². The van der Waals surface area contributed by atoms with Crippen molar-refractivity contribution in [3.8, 4) is 5.75 Å². The van der Waals surface area contributed by atoms with Gasteiger partial charge in [-0.1, -0.05) is 30.3 Å². The van der Waals surface area contributed by atoms with Crippen LogP contribution in [0.2, 0.25) is 0 Å². The van der Waals surface area contributed by atoms with Crippen molar-refractivity contribution in [3.05, 3.63) is 30.3 Å². The van der Waals surface area contributed by atoms with Crippen molar-refractivity contribution in [1.82, 2.24) is 0 Å². The second-order valence-electron chi connectivity index (χ2n) is 1.53. The summed E-state index contributed by atoms with van der Waals surface area (Å²) in [6, 6.07) is 8.33. The van der Waals surface area contributed by atoms with Gasteiger partial charge in [0.1, 0.15) is 0 Å². The van der Waals surface area contributed by atoms with Gasteiger partial charge in [-0.25, -0.2) is 0 Å². The second-order valence-corrected chi connectivity index (χ2v) is 9.26. The van der Waals surface area contributed by atoms with Crippen LogP contribution >= 0.6 is 27.9 Å². The van der Waals surface area contributed by atoms with E-state index >= 15 is 0 Å². The summed E-state index contributed by atoms with van der Waals surface area (Å²) in [5.74, 6) is 0.0718. The third kappa shape index (κ3) is 10.6. The molecule has 0 radical (unpaired) electrons. The number of hydrogen-bond donors (Lipinski definition) is 0. The number of halogens is 3. The first-order valence-electron chi connectivity index (χ1n) is 2.68. The van der Waals surface area contributed by atoms with Crippen LogP contribution in [0.4, 0.5) is 0 Å². The first-order valence-corrected chi connectivity index (χ1v) is 9.13. The van der Waals surface area contributed by atoms with E-state index < -0.39 is 14.7 Å². The van der Waals surface area contributed by atoms with Crippen molar-refractivity contribution in [2.45, 2.75) is 0 Å². The van der Waals surface area contributed by atoms with Crippen molar-refractivity contribution in [1.29, 1.82) is 0 Å². The second kappa shape index (κ2) is 7.26. The standard InChI is InChI=1S/C6H6O.3ClH.Ti/c7-6-4-2-1-3-5-6;;;;/h1-5,7H;3*1H;/q;;;;+4/p-4. The normalized spacial score (nSPS) is 7.91. The summed E-state index contributed by atoms with van der Waals surface area (Å²) in [5, 5.41) is 10.3. The first-order chi connectivity index (χ1) is 5.13. The Bertz CT molecular complexity index is 178. The van der Waals surface area contributed by atoms with Gasteiger partial charge in [0.05, 0.1) is 0 Å². The van der Waals surface area contributed by atoms with Gasteiger partial charge in [0.2, 0.25) is 0 Å². The summed E-state index contributed by atoms with van der Waals surface area (Å²) in [6.45, 7) is 0. The summed E-state index contributed by atoms with van der Waals surface area (Å²) >= 11 is -1.92. The molecule has 1 rings (SSSR count). The zero-order valence-corrected chi connectivity index (χ0v) is 9.26. The molecule has 60 valence electrons. The maximum atomic E-state index is 10.3. The van der Waals surface area contributed by atoms with Crippen LogP contribution in [0.5, 0.6) is 5.75 Å². The predicted molar refractivity (Wildman–Crippen MR) is 43.4 cm³/mol. The minimum Gasteiger partial charge on any atom is -0.872 e. The Balaban J connectivity index is 0.000000218. The molecule has 1 aromatic carbocycles. The maximum absolute atomic E-state index is 10.3. The quantitative estimate of drug-likeness (QED) is 0.646. The fraction of sp³-hybridized carbons (Fsp3) is 0. The number of rotatable bonds is 0. The average molecular weight is 247 g/mol. The van der Waals surface area contributed by atoms with E-state index in [-0.39, 0.29) is 5.75 Å². The van der Waals surface area contributed by atoms with Crippen LogP contribution < -0.4 is 5.11 Å². The van der Waals surface area contributed by atoms with Gasteiger partial charge in [0, 0.05) is 0 Å². The van der Waals surface area contributed by atoms with Gasteiger partial charge in [0.25, 0.3) is 0 Å². The summed E-state index contributed by atoms with van der Waals surface area (Å²) in [5.41, 5.74) is 0. The SMILES string of the molecule is [Cl][Ti+]([Cl])[Cl].[O-]c1ccccc1. The summed E-state index contributed by atoms with van der Waals surface area (Å²) in [4.78, 5) is 0. The molecule has 0 spiro atoms. The van der Waals surface area contributed by atoms with Gasteiger partial charge in [-0.15, -0.1) is 5.75 Å². The Labute approximate surface area is 83.4 Å². The molecule has 0 aliphatic carbocycles. The molecule has 11 heavy (non-hydrogen) atoms. The topological polar surface area (TPSA) is 23.1 Å². The zero-order valence-electron chi connectivity index (χ0n) is 5.43. The Morgan fingerprint density at radius 2 is 1.36 bits per heavy atom. The van der Waals surface area contributed by atoms with Crippen LogP contribution in [0.1, 0.15) is 0 Å². The summed E-state index contributed by atoms with van der Waals surface area (Å²) in [7, 11) is 14.9. The fourth-order valence-corrected chi connectivity index (χ4v) is 0.420. The van der Waals surface area contributed by atoms with Crippen LogP contribution in [0.25, 0.3) is 0 Å². The van der Waals surface area contributed by atoms with Crippen LogP contribution in [0, 0.1) is 0 Å². The minimum atomic E-state index is -1.92. The molecule has 1 aromatic rings. The van der Waals surface area contributed by atoms with E-state index in [1.165, 1.54) is 12.1 Å². The molecule has 0 saturated heterocycles. The molecule has 0 bridgehead atoms. The van der Waals surface area contributed by atoms with E-state index in [0.717, 1.165) is 0 Å². The van der Waals surface area contributed by atoms with Crippen LogP contribution in [-0.2, 0) is 14.7 Å². The molecule has 0 N–H and O–H groups in total. The third-order valence-corrected chi connectivity index (χ3v) is 0.743. The Kier molecular flexibility index (Phi) is 7.66. The smallest absolute Gasteiger partial charge is 0.0623 e.